The minimum Gasteiger partial charge on any atom is -0.392 e. The molecule has 0 amide bonds. The van der Waals surface area contributed by atoms with E-state index in [9.17, 15) is 12.8 Å². The predicted molar refractivity (Wildman–Crippen MR) is 81.0 cm³/mol. The molecule has 0 aromatic heterocycles. The molecule has 0 saturated carbocycles. The summed E-state index contributed by atoms with van der Waals surface area (Å²) in [4.78, 5) is -0.103. The van der Waals surface area contributed by atoms with Gasteiger partial charge in [0.25, 0.3) is 0 Å². The Hall–Kier alpha value is -0.980. The summed E-state index contributed by atoms with van der Waals surface area (Å²) in [5.41, 5.74) is 0.317. The first-order valence-corrected chi connectivity index (χ1v) is 8.72. The van der Waals surface area contributed by atoms with Gasteiger partial charge in [-0.1, -0.05) is 26.2 Å². The third-order valence-corrected chi connectivity index (χ3v) is 5.14. The third kappa shape index (κ3) is 5.05. The number of rotatable bonds is 8. The van der Waals surface area contributed by atoms with Gasteiger partial charge >= 0.3 is 0 Å². The zero-order valence-electron chi connectivity index (χ0n) is 12.8. The number of hydrogen-bond donors (Lipinski definition) is 2. The number of unbranched alkanes of at least 4 members (excludes halogenated alkanes) is 2. The fourth-order valence-electron chi connectivity index (χ4n) is 2.17. The Bertz CT molecular complexity index is 573. The average Bonchev–Trinajstić information content (AvgIpc) is 2.41. The van der Waals surface area contributed by atoms with Crippen molar-refractivity contribution in [2.75, 3.05) is 0 Å². The van der Waals surface area contributed by atoms with Crippen molar-refractivity contribution in [1.29, 1.82) is 0 Å². The summed E-state index contributed by atoms with van der Waals surface area (Å²) < 4.78 is 41.0. The first-order valence-electron chi connectivity index (χ1n) is 7.24. The van der Waals surface area contributed by atoms with E-state index in [1.54, 1.807) is 6.92 Å². The molecule has 4 nitrogen and oxygen atoms in total. The molecule has 1 aromatic rings. The summed E-state index contributed by atoms with van der Waals surface area (Å²) in [6, 6.07) is 2.26. The van der Waals surface area contributed by atoms with E-state index < -0.39 is 22.4 Å². The van der Waals surface area contributed by atoms with Crippen molar-refractivity contribution in [3.63, 3.8) is 0 Å². The molecule has 1 rings (SSSR count). The second-order valence-corrected chi connectivity index (χ2v) is 7.06. The molecular weight excluding hydrogens is 293 g/mol. The van der Waals surface area contributed by atoms with E-state index in [-0.39, 0.29) is 22.1 Å². The molecule has 1 aromatic carbocycles. The van der Waals surface area contributed by atoms with Crippen molar-refractivity contribution in [3.05, 3.63) is 29.1 Å². The summed E-state index contributed by atoms with van der Waals surface area (Å²) in [6.07, 6.45) is 3.82. The number of sulfonamides is 1. The fraction of sp³-hybridized carbons (Fsp3) is 0.600. The van der Waals surface area contributed by atoms with Crippen molar-refractivity contribution in [2.45, 2.75) is 64.0 Å². The largest absolute Gasteiger partial charge is 0.392 e. The van der Waals surface area contributed by atoms with Crippen molar-refractivity contribution < 1.29 is 17.9 Å². The van der Waals surface area contributed by atoms with Crippen LogP contribution < -0.4 is 4.72 Å². The minimum atomic E-state index is -3.78. The van der Waals surface area contributed by atoms with Gasteiger partial charge in [-0.05, 0) is 38.0 Å². The van der Waals surface area contributed by atoms with Gasteiger partial charge in [0.2, 0.25) is 10.0 Å². The smallest absolute Gasteiger partial charge is 0.241 e. The van der Waals surface area contributed by atoms with Gasteiger partial charge in [-0.2, -0.15) is 0 Å². The molecule has 0 saturated heterocycles. The van der Waals surface area contributed by atoms with Crippen LogP contribution in [0, 0.1) is 12.7 Å². The van der Waals surface area contributed by atoms with E-state index in [4.69, 9.17) is 5.11 Å². The second-order valence-electron chi connectivity index (χ2n) is 5.38. The van der Waals surface area contributed by atoms with Crippen molar-refractivity contribution in [3.8, 4) is 0 Å². The summed E-state index contributed by atoms with van der Waals surface area (Å²) in [7, 11) is -3.78. The zero-order valence-corrected chi connectivity index (χ0v) is 13.6. The van der Waals surface area contributed by atoms with Gasteiger partial charge in [-0.25, -0.2) is 17.5 Å². The number of aliphatic hydroxyl groups excluding tert-OH is 1. The zero-order chi connectivity index (χ0) is 16.0. The van der Waals surface area contributed by atoms with Crippen molar-refractivity contribution >= 4 is 10.0 Å². The van der Waals surface area contributed by atoms with Gasteiger partial charge in [0.05, 0.1) is 11.5 Å². The van der Waals surface area contributed by atoms with E-state index in [1.165, 1.54) is 13.0 Å². The van der Waals surface area contributed by atoms with Crippen LogP contribution in [-0.4, -0.2) is 19.6 Å². The maximum Gasteiger partial charge on any atom is 0.241 e. The lowest BCUT2D eigenvalue weighted by Gasteiger charge is -2.16. The van der Waals surface area contributed by atoms with Crippen LogP contribution in [0.2, 0.25) is 0 Å². The first kappa shape index (κ1) is 18.1. The van der Waals surface area contributed by atoms with Crippen LogP contribution >= 0.6 is 0 Å². The van der Waals surface area contributed by atoms with E-state index in [0.29, 0.717) is 0 Å². The molecule has 6 heteroatoms. The molecule has 0 fully saturated rings. The number of halogens is 1. The highest BCUT2D eigenvalue weighted by Gasteiger charge is 2.22. The Balaban J connectivity index is 2.95. The molecule has 0 aliphatic carbocycles. The lowest BCUT2D eigenvalue weighted by atomic mass is 10.1. The van der Waals surface area contributed by atoms with Gasteiger partial charge in [-0.15, -0.1) is 0 Å². The molecule has 0 bridgehead atoms. The number of hydrogen-bond acceptors (Lipinski definition) is 3. The van der Waals surface area contributed by atoms with Crippen molar-refractivity contribution in [2.24, 2.45) is 0 Å². The Morgan fingerprint density at radius 3 is 2.57 bits per heavy atom. The SMILES string of the molecule is CCCCCC(C)NS(=O)(=O)c1cc(CO)cc(F)c1C. The maximum atomic E-state index is 13.7. The van der Waals surface area contributed by atoms with Crippen LogP contribution in [0.1, 0.15) is 50.7 Å². The molecule has 0 radical (unpaired) electrons. The number of aliphatic hydroxyl groups is 1. The Labute approximate surface area is 126 Å². The van der Waals surface area contributed by atoms with Gasteiger partial charge in [0.15, 0.2) is 0 Å². The van der Waals surface area contributed by atoms with Gasteiger partial charge in [0.1, 0.15) is 5.82 Å². The van der Waals surface area contributed by atoms with Gasteiger partial charge in [0, 0.05) is 11.6 Å². The van der Waals surface area contributed by atoms with E-state index >= 15 is 0 Å². The van der Waals surface area contributed by atoms with E-state index in [0.717, 1.165) is 31.7 Å². The normalized spacial score (nSPS) is 13.4. The summed E-state index contributed by atoms with van der Waals surface area (Å²) >= 11 is 0. The molecule has 1 atom stereocenters. The topological polar surface area (TPSA) is 66.4 Å². The molecule has 21 heavy (non-hydrogen) atoms. The van der Waals surface area contributed by atoms with Gasteiger partial charge in [-0.3, -0.25) is 0 Å². The Morgan fingerprint density at radius 2 is 2.00 bits per heavy atom. The molecule has 2 N–H and O–H groups in total. The molecule has 0 aliphatic rings. The summed E-state index contributed by atoms with van der Waals surface area (Å²) in [5.74, 6) is -0.624. The maximum absolute atomic E-state index is 13.7. The molecule has 0 spiro atoms. The standard InChI is InChI=1S/C15H24FNO3S/c1-4-5-6-7-11(2)17-21(19,20)15-9-13(10-18)8-14(16)12(15)3/h8-9,11,17-18H,4-7,10H2,1-3H3. The van der Waals surface area contributed by atoms with Crippen LogP contribution in [0.3, 0.4) is 0 Å². The lowest BCUT2D eigenvalue weighted by Crippen LogP contribution is -2.33. The summed E-state index contributed by atoms with van der Waals surface area (Å²) in [5, 5.41) is 9.09. The van der Waals surface area contributed by atoms with Crippen LogP contribution in [0.4, 0.5) is 4.39 Å². The van der Waals surface area contributed by atoms with Crippen LogP contribution in [0.25, 0.3) is 0 Å². The highest BCUT2D eigenvalue weighted by Crippen LogP contribution is 2.21. The predicted octanol–water partition coefficient (Wildman–Crippen LogP) is 2.87. The van der Waals surface area contributed by atoms with E-state index in [1.807, 2.05) is 0 Å². The number of benzene rings is 1. The van der Waals surface area contributed by atoms with Crippen molar-refractivity contribution in [1.82, 2.24) is 4.72 Å². The summed E-state index contributed by atoms with van der Waals surface area (Å²) in [6.45, 7) is 4.91. The fourth-order valence-corrected chi connectivity index (χ4v) is 3.75. The second kappa shape index (κ2) is 7.87. The molecule has 120 valence electrons. The average molecular weight is 317 g/mol. The highest BCUT2D eigenvalue weighted by molar-refractivity contribution is 7.89. The van der Waals surface area contributed by atoms with Gasteiger partial charge < -0.3 is 5.11 Å². The quantitative estimate of drug-likeness (QED) is 0.725. The first-order chi connectivity index (χ1) is 9.81. The number of nitrogens with one attached hydrogen (secondary N) is 1. The van der Waals surface area contributed by atoms with Crippen LogP contribution in [0.5, 0.6) is 0 Å². The lowest BCUT2D eigenvalue weighted by molar-refractivity contribution is 0.281. The molecule has 0 heterocycles. The van der Waals surface area contributed by atoms with Crippen LogP contribution in [-0.2, 0) is 16.6 Å². The molecular formula is C15H24FNO3S. The third-order valence-electron chi connectivity index (χ3n) is 3.43. The highest BCUT2D eigenvalue weighted by atomic mass is 32.2. The minimum absolute atomic E-state index is 0.0699. The Kier molecular flexibility index (Phi) is 6.77. The molecule has 1 unspecified atom stereocenters. The molecule has 0 aliphatic heterocycles. The monoisotopic (exact) mass is 317 g/mol. The Morgan fingerprint density at radius 1 is 1.33 bits per heavy atom. The van der Waals surface area contributed by atoms with Crippen LogP contribution in [0.15, 0.2) is 17.0 Å². The van der Waals surface area contributed by atoms with E-state index in [2.05, 4.69) is 11.6 Å².